The maximum atomic E-state index is 12.3. The molecule has 108 valence electrons. The number of nitrogens with zero attached hydrogens (tertiary/aromatic N) is 2. The van der Waals surface area contributed by atoms with E-state index < -0.39 is 17.9 Å². The second-order valence-corrected chi connectivity index (χ2v) is 5.69. The molecule has 7 heteroatoms. The van der Waals surface area contributed by atoms with Gasteiger partial charge in [0.05, 0.1) is 11.8 Å². The minimum atomic E-state index is -0.929. The molecule has 1 N–H and O–H groups in total. The van der Waals surface area contributed by atoms with E-state index in [1.807, 2.05) is 0 Å². The first-order valence-corrected chi connectivity index (χ1v) is 7.38. The van der Waals surface area contributed by atoms with Crippen LogP contribution in [0.5, 0.6) is 0 Å². The largest absolute Gasteiger partial charge is 0.481 e. The molecule has 1 aliphatic heterocycles. The van der Waals surface area contributed by atoms with Gasteiger partial charge in [-0.05, 0) is 0 Å². The summed E-state index contributed by atoms with van der Waals surface area (Å²) in [6, 6.07) is -0.455. The summed E-state index contributed by atoms with van der Waals surface area (Å²) in [5.74, 6) is -0.648. The Kier molecular flexibility index (Phi) is 5.65. The predicted octanol–water partition coefficient (Wildman–Crippen LogP) is 0.477. The summed E-state index contributed by atoms with van der Waals surface area (Å²) in [6.45, 7) is 3.48. The number of hydrogen-bond acceptors (Lipinski definition) is 4. The van der Waals surface area contributed by atoms with Crippen molar-refractivity contribution in [1.82, 2.24) is 9.80 Å². The molecule has 1 rings (SSSR count). The minimum absolute atomic E-state index is 0.0389. The van der Waals surface area contributed by atoms with Crippen molar-refractivity contribution in [2.45, 2.75) is 26.3 Å². The fourth-order valence-electron chi connectivity index (χ4n) is 1.93. The Bertz CT molecular complexity index is 375. The highest BCUT2D eigenvalue weighted by atomic mass is 32.2. The van der Waals surface area contributed by atoms with Crippen molar-refractivity contribution in [2.75, 3.05) is 25.2 Å². The van der Waals surface area contributed by atoms with Crippen molar-refractivity contribution in [3.05, 3.63) is 0 Å². The number of amides is 2. The lowest BCUT2D eigenvalue weighted by Crippen LogP contribution is -2.48. The Morgan fingerprint density at radius 2 is 2.11 bits per heavy atom. The molecule has 2 amide bonds. The van der Waals surface area contributed by atoms with Gasteiger partial charge in [0.15, 0.2) is 0 Å². The number of thioether (sulfide) groups is 1. The van der Waals surface area contributed by atoms with E-state index in [-0.39, 0.29) is 18.4 Å². The maximum Gasteiger partial charge on any atom is 0.308 e. The summed E-state index contributed by atoms with van der Waals surface area (Å²) in [7, 11) is 1.58. The zero-order valence-corrected chi connectivity index (χ0v) is 12.3. The van der Waals surface area contributed by atoms with Crippen molar-refractivity contribution in [1.29, 1.82) is 0 Å². The first-order valence-electron chi connectivity index (χ1n) is 6.23. The molecule has 0 aliphatic carbocycles. The molecule has 1 heterocycles. The molecular formula is C12H20N2O4S. The molecule has 19 heavy (non-hydrogen) atoms. The first-order chi connectivity index (χ1) is 8.88. The number of carboxylic acids is 1. The van der Waals surface area contributed by atoms with E-state index in [1.165, 1.54) is 4.90 Å². The smallest absolute Gasteiger partial charge is 0.308 e. The van der Waals surface area contributed by atoms with Crippen LogP contribution in [0.1, 0.15) is 20.3 Å². The molecule has 0 radical (unpaired) electrons. The van der Waals surface area contributed by atoms with Crippen LogP contribution in [0.3, 0.4) is 0 Å². The summed E-state index contributed by atoms with van der Waals surface area (Å²) >= 11 is 1.55. The zero-order valence-electron chi connectivity index (χ0n) is 11.5. The van der Waals surface area contributed by atoms with Gasteiger partial charge in [0.25, 0.3) is 0 Å². The normalized spacial score (nSPS) is 20.2. The van der Waals surface area contributed by atoms with Crippen LogP contribution in [0.2, 0.25) is 0 Å². The standard InChI is InChI=1S/C12H20N2O4S/c1-4-10(15)14-7-19-6-9(14)11(16)13(3)5-8(2)12(17)18/h8-9H,4-7H2,1-3H3,(H,17,18). The molecule has 0 aromatic heterocycles. The molecule has 0 saturated carbocycles. The maximum absolute atomic E-state index is 12.3. The SMILES string of the molecule is CCC(=O)N1CSCC1C(=O)N(C)CC(C)C(=O)O. The molecule has 0 aromatic rings. The molecule has 0 aromatic carbocycles. The monoisotopic (exact) mass is 288 g/mol. The van der Waals surface area contributed by atoms with E-state index in [0.29, 0.717) is 18.1 Å². The Balaban J connectivity index is 2.65. The van der Waals surface area contributed by atoms with Crippen molar-refractivity contribution >= 4 is 29.5 Å². The zero-order chi connectivity index (χ0) is 14.6. The third-order valence-corrected chi connectivity index (χ3v) is 4.15. The molecule has 6 nitrogen and oxygen atoms in total. The highest BCUT2D eigenvalue weighted by molar-refractivity contribution is 7.99. The second-order valence-electron chi connectivity index (χ2n) is 4.69. The quantitative estimate of drug-likeness (QED) is 0.796. The number of carbonyl (C=O) groups is 3. The Morgan fingerprint density at radius 3 is 2.63 bits per heavy atom. The van der Waals surface area contributed by atoms with Gasteiger partial charge < -0.3 is 14.9 Å². The van der Waals surface area contributed by atoms with Crippen LogP contribution in [-0.4, -0.2) is 64.0 Å². The molecule has 1 aliphatic rings. The van der Waals surface area contributed by atoms with Crippen LogP contribution in [-0.2, 0) is 14.4 Å². The molecular weight excluding hydrogens is 268 g/mol. The fourth-order valence-corrected chi connectivity index (χ4v) is 3.10. The molecule has 1 saturated heterocycles. The van der Waals surface area contributed by atoms with Gasteiger partial charge in [-0.2, -0.15) is 0 Å². The third kappa shape index (κ3) is 3.86. The van der Waals surface area contributed by atoms with Gasteiger partial charge in [-0.15, -0.1) is 11.8 Å². The first kappa shape index (κ1) is 15.8. The van der Waals surface area contributed by atoms with Gasteiger partial charge in [0.2, 0.25) is 11.8 Å². The van der Waals surface area contributed by atoms with E-state index in [9.17, 15) is 14.4 Å². The van der Waals surface area contributed by atoms with Crippen molar-refractivity contribution < 1.29 is 19.5 Å². The van der Waals surface area contributed by atoms with Crippen molar-refractivity contribution in [2.24, 2.45) is 5.92 Å². The van der Waals surface area contributed by atoms with Crippen molar-refractivity contribution in [3.63, 3.8) is 0 Å². The number of aliphatic carboxylic acids is 1. The number of carbonyl (C=O) groups excluding carboxylic acids is 2. The van der Waals surface area contributed by atoms with Gasteiger partial charge in [-0.25, -0.2) is 0 Å². The molecule has 0 bridgehead atoms. The van der Waals surface area contributed by atoms with Gasteiger partial charge in [-0.1, -0.05) is 13.8 Å². The van der Waals surface area contributed by atoms with Gasteiger partial charge in [0, 0.05) is 25.8 Å². The number of rotatable bonds is 5. The summed E-state index contributed by atoms with van der Waals surface area (Å²) in [6.07, 6.45) is 0.375. The van der Waals surface area contributed by atoms with E-state index in [4.69, 9.17) is 5.11 Å². The highest BCUT2D eigenvalue weighted by Crippen LogP contribution is 2.23. The Labute approximate surface area is 117 Å². The molecule has 2 unspecified atom stereocenters. The van der Waals surface area contributed by atoms with Crippen LogP contribution in [0.25, 0.3) is 0 Å². The lowest BCUT2D eigenvalue weighted by atomic mass is 10.1. The topological polar surface area (TPSA) is 77.9 Å². The van der Waals surface area contributed by atoms with Gasteiger partial charge >= 0.3 is 5.97 Å². The molecule has 2 atom stereocenters. The van der Waals surface area contributed by atoms with Gasteiger partial charge in [0.1, 0.15) is 6.04 Å². The summed E-state index contributed by atoms with van der Waals surface area (Å²) in [4.78, 5) is 37.8. The van der Waals surface area contributed by atoms with Crippen LogP contribution in [0, 0.1) is 5.92 Å². The number of hydrogen-bond donors (Lipinski definition) is 1. The summed E-state index contributed by atoms with van der Waals surface area (Å²) in [5, 5.41) is 8.85. The van der Waals surface area contributed by atoms with Gasteiger partial charge in [-0.3, -0.25) is 14.4 Å². The lowest BCUT2D eigenvalue weighted by Gasteiger charge is -2.28. The van der Waals surface area contributed by atoms with E-state index in [1.54, 1.807) is 37.6 Å². The third-order valence-electron chi connectivity index (χ3n) is 3.14. The summed E-state index contributed by atoms with van der Waals surface area (Å²) in [5.41, 5.74) is 0. The molecule has 1 fully saturated rings. The van der Waals surface area contributed by atoms with Crippen LogP contribution < -0.4 is 0 Å². The number of carboxylic acid groups (broad SMARTS) is 1. The predicted molar refractivity (Wildman–Crippen MR) is 72.7 cm³/mol. The second kappa shape index (κ2) is 6.79. The lowest BCUT2D eigenvalue weighted by molar-refractivity contribution is -0.146. The average molecular weight is 288 g/mol. The van der Waals surface area contributed by atoms with E-state index >= 15 is 0 Å². The van der Waals surface area contributed by atoms with Crippen molar-refractivity contribution in [3.8, 4) is 0 Å². The average Bonchev–Trinajstić information content (AvgIpc) is 2.85. The Morgan fingerprint density at radius 1 is 1.47 bits per heavy atom. The highest BCUT2D eigenvalue weighted by Gasteiger charge is 2.35. The van der Waals surface area contributed by atoms with E-state index in [0.717, 1.165) is 0 Å². The molecule has 0 spiro atoms. The van der Waals surface area contributed by atoms with Crippen LogP contribution in [0.4, 0.5) is 0 Å². The summed E-state index contributed by atoms with van der Waals surface area (Å²) < 4.78 is 0. The number of likely N-dealkylation sites (N-methyl/N-ethyl adjacent to an activating group) is 1. The van der Waals surface area contributed by atoms with Crippen LogP contribution >= 0.6 is 11.8 Å². The minimum Gasteiger partial charge on any atom is -0.481 e. The van der Waals surface area contributed by atoms with E-state index in [2.05, 4.69) is 0 Å². The van der Waals surface area contributed by atoms with Crippen LogP contribution in [0.15, 0.2) is 0 Å². The fraction of sp³-hybridized carbons (Fsp3) is 0.750. The Hall–Kier alpha value is -1.24.